The summed E-state index contributed by atoms with van der Waals surface area (Å²) in [6.07, 6.45) is 2.11. The summed E-state index contributed by atoms with van der Waals surface area (Å²) in [5.74, 6) is 0.645. The fraction of sp³-hybridized carbons (Fsp3) is 0.533. The molecule has 0 unspecified atom stereocenters. The molecule has 2 rings (SSSR count). The van der Waals surface area contributed by atoms with Gasteiger partial charge in [-0.3, -0.25) is 0 Å². The van der Waals surface area contributed by atoms with Crippen LogP contribution in [0.25, 0.3) is 0 Å². The summed E-state index contributed by atoms with van der Waals surface area (Å²) in [4.78, 5) is 12.0. The zero-order valence-corrected chi connectivity index (χ0v) is 11.7. The van der Waals surface area contributed by atoms with Gasteiger partial charge in [0, 0.05) is 6.61 Å². The van der Waals surface area contributed by atoms with Gasteiger partial charge in [0.1, 0.15) is 25.4 Å². The number of esters is 1. The molecule has 0 amide bonds. The number of unbranched alkanes of at least 4 members (excludes halogenated alkanes) is 1. The number of fused-ring (bicyclic) bond motifs is 1. The molecule has 20 heavy (non-hydrogen) atoms. The van der Waals surface area contributed by atoms with Crippen molar-refractivity contribution >= 4 is 5.97 Å². The average molecular weight is 280 g/mol. The van der Waals surface area contributed by atoms with Crippen LogP contribution < -0.4 is 9.47 Å². The lowest BCUT2D eigenvalue weighted by Gasteiger charge is -2.20. The average Bonchev–Trinajstić information content (AvgIpc) is 2.50. The maximum atomic E-state index is 12.0. The van der Waals surface area contributed by atoms with Crippen LogP contribution in [-0.2, 0) is 9.47 Å². The van der Waals surface area contributed by atoms with Crippen molar-refractivity contribution in [3.8, 4) is 11.5 Å². The largest absolute Gasteiger partial charge is 0.486 e. The van der Waals surface area contributed by atoms with Crippen molar-refractivity contribution in [1.29, 1.82) is 0 Å². The van der Waals surface area contributed by atoms with E-state index in [0.717, 1.165) is 12.8 Å². The minimum absolute atomic E-state index is 0.243. The van der Waals surface area contributed by atoms with Gasteiger partial charge in [0.05, 0.1) is 6.61 Å². The molecule has 0 spiro atoms. The summed E-state index contributed by atoms with van der Waals surface area (Å²) in [6.45, 7) is 4.40. The van der Waals surface area contributed by atoms with Crippen molar-refractivity contribution in [2.75, 3.05) is 33.0 Å². The van der Waals surface area contributed by atoms with Gasteiger partial charge in [0.2, 0.25) is 0 Å². The van der Waals surface area contributed by atoms with Crippen LogP contribution in [0.4, 0.5) is 0 Å². The van der Waals surface area contributed by atoms with E-state index in [1.165, 1.54) is 0 Å². The zero-order chi connectivity index (χ0) is 14.2. The highest BCUT2D eigenvalue weighted by atomic mass is 16.6. The SMILES string of the molecule is CCCCOCCOC(=O)c1cccc2c1OCCO2. The first kappa shape index (κ1) is 14.7. The number of hydrogen-bond donors (Lipinski definition) is 0. The molecule has 110 valence electrons. The molecule has 0 atom stereocenters. The molecule has 0 saturated heterocycles. The van der Waals surface area contributed by atoms with E-state index in [1.54, 1.807) is 18.2 Å². The summed E-state index contributed by atoms with van der Waals surface area (Å²) in [5, 5.41) is 0. The zero-order valence-electron chi connectivity index (χ0n) is 11.7. The predicted octanol–water partition coefficient (Wildman–Crippen LogP) is 2.43. The van der Waals surface area contributed by atoms with Crippen LogP contribution in [0.2, 0.25) is 0 Å². The van der Waals surface area contributed by atoms with Gasteiger partial charge in [-0.15, -0.1) is 0 Å². The number of hydrogen-bond acceptors (Lipinski definition) is 5. The Morgan fingerprint density at radius 2 is 2.05 bits per heavy atom. The quantitative estimate of drug-likeness (QED) is 0.567. The molecule has 5 heteroatoms. The highest BCUT2D eigenvalue weighted by Crippen LogP contribution is 2.33. The molecule has 1 aromatic carbocycles. The second kappa shape index (κ2) is 7.75. The lowest BCUT2D eigenvalue weighted by Crippen LogP contribution is -2.19. The Labute approximate surface area is 118 Å². The van der Waals surface area contributed by atoms with Crippen LogP contribution in [0.5, 0.6) is 11.5 Å². The third-order valence-corrected chi connectivity index (χ3v) is 2.89. The van der Waals surface area contributed by atoms with Gasteiger partial charge in [-0.25, -0.2) is 4.79 Å². The fourth-order valence-corrected chi connectivity index (χ4v) is 1.85. The molecule has 0 bridgehead atoms. The van der Waals surface area contributed by atoms with E-state index in [0.29, 0.717) is 43.5 Å². The van der Waals surface area contributed by atoms with Crippen molar-refractivity contribution in [2.45, 2.75) is 19.8 Å². The Morgan fingerprint density at radius 1 is 1.20 bits per heavy atom. The Hall–Kier alpha value is -1.75. The van der Waals surface area contributed by atoms with Gasteiger partial charge in [-0.2, -0.15) is 0 Å². The van der Waals surface area contributed by atoms with E-state index in [-0.39, 0.29) is 6.61 Å². The van der Waals surface area contributed by atoms with Gasteiger partial charge >= 0.3 is 5.97 Å². The third kappa shape index (κ3) is 3.87. The summed E-state index contributed by atoms with van der Waals surface area (Å²) < 4.78 is 21.4. The number of benzene rings is 1. The molecule has 1 aromatic rings. The number of carbonyl (C=O) groups is 1. The van der Waals surface area contributed by atoms with Gasteiger partial charge in [-0.1, -0.05) is 19.4 Å². The molecule has 1 aliphatic rings. The Morgan fingerprint density at radius 3 is 2.90 bits per heavy atom. The summed E-state index contributed by atoms with van der Waals surface area (Å²) in [5.41, 5.74) is 0.399. The van der Waals surface area contributed by atoms with Crippen LogP contribution in [0.3, 0.4) is 0 Å². The molecule has 1 heterocycles. The second-order valence-corrected chi connectivity index (χ2v) is 4.43. The highest BCUT2D eigenvalue weighted by Gasteiger charge is 2.21. The Kier molecular flexibility index (Phi) is 5.68. The standard InChI is InChI=1S/C15H20O5/c1-2-3-7-17-8-9-20-15(16)12-5-4-6-13-14(12)19-11-10-18-13/h4-6H,2-3,7-11H2,1H3. The molecular weight excluding hydrogens is 260 g/mol. The topological polar surface area (TPSA) is 54.0 Å². The van der Waals surface area contributed by atoms with E-state index >= 15 is 0 Å². The normalized spacial score (nSPS) is 13.1. The van der Waals surface area contributed by atoms with E-state index < -0.39 is 5.97 Å². The van der Waals surface area contributed by atoms with Gasteiger partial charge in [0.25, 0.3) is 0 Å². The highest BCUT2D eigenvalue weighted by molar-refractivity contribution is 5.93. The van der Waals surface area contributed by atoms with Gasteiger partial charge in [-0.05, 0) is 18.6 Å². The minimum atomic E-state index is -0.411. The molecule has 0 saturated carbocycles. The summed E-state index contributed by atoms with van der Waals surface area (Å²) in [7, 11) is 0. The molecule has 1 aliphatic heterocycles. The number of rotatable bonds is 7. The summed E-state index contributed by atoms with van der Waals surface area (Å²) >= 11 is 0. The third-order valence-electron chi connectivity index (χ3n) is 2.89. The molecule has 5 nitrogen and oxygen atoms in total. The monoisotopic (exact) mass is 280 g/mol. The maximum Gasteiger partial charge on any atom is 0.342 e. The predicted molar refractivity (Wildman–Crippen MR) is 73.4 cm³/mol. The van der Waals surface area contributed by atoms with Crippen molar-refractivity contribution < 1.29 is 23.7 Å². The van der Waals surface area contributed by atoms with E-state index in [2.05, 4.69) is 6.92 Å². The fourth-order valence-electron chi connectivity index (χ4n) is 1.85. The second-order valence-electron chi connectivity index (χ2n) is 4.43. The molecule has 0 N–H and O–H groups in total. The van der Waals surface area contributed by atoms with Crippen LogP contribution in [-0.4, -0.2) is 39.0 Å². The van der Waals surface area contributed by atoms with E-state index in [4.69, 9.17) is 18.9 Å². The lowest BCUT2D eigenvalue weighted by atomic mass is 10.2. The van der Waals surface area contributed by atoms with Crippen LogP contribution in [0.15, 0.2) is 18.2 Å². The Bertz CT molecular complexity index is 444. The number of carbonyl (C=O) groups excluding carboxylic acids is 1. The molecule has 0 aromatic heterocycles. The molecule has 0 aliphatic carbocycles. The van der Waals surface area contributed by atoms with Crippen LogP contribution in [0.1, 0.15) is 30.1 Å². The van der Waals surface area contributed by atoms with Gasteiger partial charge < -0.3 is 18.9 Å². The molecule has 0 radical (unpaired) electrons. The smallest absolute Gasteiger partial charge is 0.342 e. The van der Waals surface area contributed by atoms with Crippen molar-refractivity contribution in [3.63, 3.8) is 0 Å². The van der Waals surface area contributed by atoms with Crippen LogP contribution >= 0.6 is 0 Å². The molecular formula is C15H20O5. The first-order valence-corrected chi connectivity index (χ1v) is 6.96. The van der Waals surface area contributed by atoms with Crippen molar-refractivity contribution in [1.82, 2.24) is 0 Å². The number of ether oxygens (including phenoxy) is 4. The van der Waals surface area contributed by atoms with Gasteiger partial charge in [0.15, 0.2) is 11.5 Å². The maximum absolute atomic E-state index is 12.0. The first-order chi connectivity index (χ1) is 9.83. The van der Waals surface area contributed by atoms with Crippen molar-refractivity contribution in [2.24, 2.45) is 0 Å². The van der Waals surface area contributed by atoms with Crippen LogP contribution in [0, 0.1) is 0 Å². The minimum Gasteiger partial charge on any atom is -0.486 e. The summed E-state index contributed by atoms with van der Waals surface area (Å²) in [6, 6.07) is 5.20. The Balaban J connectivity index is 1.83. The number of para-hydroxylation sites is 1. The first-order valence-electron chi connectivity index (χ1n) is 6.96. The molecule has 0 fully saturated rings. The van der Waals surface area contributed by atoms with E-state index in [9.17, 15) is 4.79 Å². The lowest BCUT2D eigenvalue weighted by molar-refractivity contribution is 0.0307. The van der Waals surface area contributed by atoms with Crippen molar-refractivity contribution in [3.05, 3.63) is 23.8 Å². The van der Waals surface area contributed by atoms with E-state index in [1.807, 2.05) is 0 Å².